The van der Waals surface area contributed by atoms with Crippen molar-refractivity contribution in [2.75, 3.05) is 18.4 Å². The number of amides is 3. The van der Waals surface area contributed by atoms with Crippen molar-refractivity contribution in [3.05, 3.63) is 29.8 Å². The second-order valence-corrected chi connectivity index (χ2v) is 7.61. The highest BCUT2D eigenvalue weighted by Crippen LogP contribution is 2.19. The number of rotatable bonds is 6. The van der Waals surface area contributed by atoms with Crippen LogP contribution in [-0.4, -0.2) is 47.0 Å². The number of nitrogens with one attached hydrogen (secondary N) is 2. The summed E-state index contributed by atoms with van der Waals surface area (Å²) in [5.41, 5.74) is 1.77. The number of urea groups is 1. The normalized spacial score (nSPS) is 18.1. The maximum absolute atomic E-state index is 12.5. The zero-order valence-electron chi connectivity index (χ0n) is 16.2. The Balaban J connectivity index is 1.94. The van der Waals surface area contributed by atoms with E-state index in [1.54, 1.807) is 4.90 Å². The van der Waals surface area contributed by atoms with Crippen LogP contribution < -0.4 is 10.6 Å². The molecule has 148 valence electrons. The third-order valence-electron chi connectivity index (χ3n) is 4.67. The molecule has 2 atom stereocenters. The van der Waals surface area contributed by atoms with Gasteiger partial charge in [-0.25, -0.2) is 9.59 Å². The molecule has 0 saturated carbocycles. The lowest BCUT2D eigenvalue weighted by Crippen LogP contribution is -2.50. The Labute approximate surface area is 160 Å². The van der Waals surface area contributed by atoms with Crippen LogP contribution in [0.5, 0.6) is 0 Å². The molecular weight excluding hydrogens is 346 g/mol. The van der Waals surface area contributed by atoms with Gasteiger partial charge in [-0.05, 0) is 49.8 Å². The second-order valence-electron chi connectivity index (χ2n) is 7.61. The molecule has 0 bridgehead atoms. The lowest BCUT2D eigenvalue weighted by molar-refractivity contribution is -0.143. The molecule has 0 aliphatic carbocycles. The molecule has 1 saturated heterocycles. The fraction of sp³-hybridized carbons (Fsp3) is 0.550. The minimum atomic E-state index is -1.03. The Hall–Kier alpha value is -2.57. The number of carboxylic acid groups (broad SMARTS) is 1. The molecule has 27 heavy (non-hydrogen) atoms. The maximum Gasteiger partial charge on any atom is 0.326 e. The molecule has 7 heteroatoms. The third kappa shape index (κ3) is 6.27. The number of benzene rings is 1. The van der Waals surface area contributed by atoms with E-state index in [2.05, 4.69) is 10.6 Å². The number of hydrogen-bond donors (Lipinski definition) is 3. The number of aliphatic carboxylic acids is 1. The number of hydrogen-bond acceptors (Lipinski definition) is 3. The molecule has 2 rings (SSSR count). The molecule has 1 aromatic carbocycles. The number of piperidine rings is 1. The van der Waals surface area contributed by atoms with Crippen LogP contribution in [0.15, 0.2) is 24.3 Å². The molecule has 0 spiro atoms. The SMILES string of the molecule is Cc1cccc(NC(=O)N2CCCC(C(=O)N[C@@H](CC(C)C)C(=O)O)C2)c1. The molecular formula is C20H29N3O4. The van der Waals surface area contributed by atoms with Crippen molar-refractivity contribution in [1.82, 2.24) is 10.2 Å². The van der Waals surface area contributed by atoms with Crippen LogP contribution in [0.3, 0.4) is 0 Å². The van der Waals surface area contributed by atoms with Gasteiger partial charge in [-0.15, -0.1) is 0 Å². The van der Waals surface area contributed by atoms with Crippen LogP contribution in [0.4, 0.5) is 10.5 Å². The molecule has 3 N–H and O–H groups in total. The van der Waals surface area contributed by atoms with E-state index in [1.807, 2.05) is 45.0 Å². The molecule has 1 aliphatic heterocycles. The van der Waals surface area contributed by atoms with Crippen LogP contribution in [0.2, 0.25) is 0 Å². The van der Waals surface area contributed by atoms with Crippen LogP contribution in [-0.2, 0) is 9.59 Å². The molecule has 7 nitrogen and oxygen atoms in total. The van der Waals surface area contributed by atoms with Crippen molar-refractivity contribution < 1.29 is 19.5 Å². The van der Waals surface area contributed by atoms with Gasteiger partial charge in [0.15, 0.2) is 0 Å². The summed E-state index contributed by atoms with van der Waals surface area (Å²) < 4.78 is 0. The monoisotopic (exact) mass is 375 g/mol. The summed E-state index contributed by atoms with van der Waals surface area (Å²) in [5, 5.41) is 14.8. The van der Waals surface area contributed by atoms with E-state index in [0.717, 1.165) is 11.3 Å². The highest BCUT2D eigenvalue weighted by Gasteiger charge is 2.31. The number of anilines is 1. The van der Waals surface area contributed by atoms with E-state index in [0.29, 0.717) is 25.8 Å². The van der Waals surface area contributed by atoms with Crippen molar-refractivity contribution in [2.24, 2.45) is 11.8 Å². The number of aryl methyl sites for hydroxylation is 1. The molecule has 1 fully saturated rings. The summed E-state index contributed by atoms with van der Waals surface area (Å²) >= 11 is 0. The predicted molar refractivity (Wildman–Crippen MR) is 104 cm³/mol. The first-order chi connectivity index (χ1) is 12.8. The van der Waals surface area contributed by atoms with E-state index in [9.17, 15) is 19.5 Å². The Morgan fingerprint density at radius 3 is 2.67 bits per heavy atom. The number of likely N-dealkylation sites (tertiary alicyclic amines) is 1. The number of carboxylic acids is 1. The van der Waals surface area contributed by atoms with Gasteiger partial charge >= 0.3 is 12.0 Å². The van der Waals surface area contributed by atoms with E-state index >= 15 is 0 Å². The molecule has 1 heterocycles. The van der Waals surface area contributed by atoms with Crippen molar-refractivity contribution in [3.8, 4) is 0 Å². The van der Waals surface area contributed by atoms with Gasteiger partial charge < -0.3 is 20.6 Å². The quantitative estimate of drug-likeness (QED) is 0.712. The number of carbonyl (C=O) groups is 3. The summed E-state index contributed by atoms with van der Waals surface area (Å²) in [7, 11) is 0. The van der Waals surface area contributed by atoms with Gasteiger partial charge in [-0.3, -0.25) is 4.79 Å². The van der Waals surface area contributed by atoms with E-state index < -0.39 is 17.9 Å². The van der Waals surface area contributed by atoms with E-state index in [-0.39, 0.29) is 24.4 Å². The first kappa shape index (κ1) is 20.7. The van der Waals surface area contributed by atoms with Crippen LogP contribution >= 0.6 is 0 Å². The number of nitrogens with zero attached hydrogens (tertiary/aromatic N) is 1. The smallest absolute Gasteiger partial charge is 0.326 e. The first-order valence-electron chi connectivity index (χ1n) is 9.42. The molecule has 0 aromatic heterocycles. The van der Waals surface area contributed by atoms with Gasteiger partial charge in [-0.2, -0.15) is 0 Å². The van der Waals surface area contributed by atoms with Crippen molar-refractivity contribution in [2.45, 2.75) is 46.1 Å². The fourth-order valence-corrected chi connectivity index (χ4v) is 3.28. The maximum atomic E-state index is 12.5. The van der Waals surface area contributed by atoms with E-state index in [4.69, 9.17) is 0 Å². The Kier molecular flexibility index (Phi) is 7.21. The van der Waals surface area contributed by atoms with Crippen LogP contribution in [0, 0.1) is 18.8 Å². The van der Waals surface area contributed by atoms with Crippen molar-refractivity contribution >= 4 is 23.6 Å². The number of carbonyl (C=O) groups excluding carboxylic acids is 2. The second kappa shape index (κ2) is 9.39. The fourth-order valence-electron chi connectivity index (χ4n) is 3.28. The lowest BCUT2D eigenvalue weighted by Gasteiger charge is -2.32. The zero-order chi connectivity index (χ0) is 20.0. The summed E-state index contributed by atoms with van der Waals surface area (Å²) in [6.07, 6.45) is 1.74. The minimum Gasteiger partial charge on any atom is -0.480 e. The Morgan fingerprint density at radius 1 is 1.30 bits per heavy atom. The van der Waals surface area contributed by atoms with Crippen molar-refractivity contribution in [3.63, 3.8) is 0 Å². The summed E-state index contributed by atoms with van der Waals surface area (Å²) in [5.74, 6) is -1.55. The van der Waals surface area contributed by atoms with Crippen LogP contribution in [0.1, 0.15) is 38.7 Å². The average molecular weight is 375 g/mol. The molecule has 1 aliphatic rings. The Morgan fingerprint density at radius 2 is 2.04 bits per heavy atom. The predicted octanol–water partition coefficient (Wildman–Crippen LogP) is 2.85. The topological polar surface area (TPSA) is 98.7 Å². The minimum absolute atomic E-state index is 0.161. The summed E-state index contributed by atoms with van der Waals surface area (Å²) in [6.45, 7) is 6.65. The van der Waals surface area contributed by atoms with Gasteiger partial charge in [0.1, 0.15) is 6.04 Å². The van der Waals surface area contributed by atoms with Gasteiger partial charge in [0, 0.05) is 18.8 Å². The summed E-state index contributed by atoms with van der Waals surface area (Å²) in [6, 6.07) is 6.40. The third-order valence-corrected chi connectivity index (χ3v) is 4.67. The Bertz CT molecular complexity index is 690. The van der Waals surface area contributed by atoms with E-state index in [1.165, 1.54) is 0 Å². The largest absolute Gasteiger partial charge is 0.480 e. The summed E-state index contributed by atoms with van der Waals surface area (Å²) in [4.78, 5) is 38.0. The molecule has 1 aromatic rings. The molecule has 3 amide bonds. The standard InChI is InChI=1S/C20H29N3O4/c1-13(2)10-17(19(25)26)22-18(24)15-7-5-9-23(12-15)20(27)21-16-8-4-6-14(3)11-16/h4,6,8,11,13,15,17H,5,7,9-10,12H2,1-3H3,(H,21,27)(H,22,24)(H,25,26)/t15?,17-/m0/s1. The highest BCUT2D eigenvalue weighted by atomic mass is 16.4. The zero-order valence-corrected chi connectivity index (χ0v) is 16.2. The lowest BCUT2D eigenvalue weighted by atomic mass is 9.96. The average Bonchev–Trinajstić information content (AvgIpc) is 2.60. The molecule has 1 unspecified atom stereocenters. The molecule has 0 radical (unpaired) electrons. The highest BCUT2D eigenvalue weighted by molar-refractivity contribution is 5.90. The van der Waals surface area contributed by atoms with Gasteiger partial charge in [-0.1, -0.05) is 26.0 Å². The van der Waals surface area contributed by atoms with Gasteiger partial charge in [0.2, 0.25) is 5.91 Å². The first-order valence-corrected chi connectivity index (χ1v) is 9.42. The van der Waals surface area contributed by atoms with Gasteiger partial charge in [0.05, 0.1) is 5.92 Å². The van der Waals surface area contributed by atoms with Gasteiger partial charge in [0.25, 0.3) is 0 Å². The van der Waals surface area contributed by atoms with Crippen LogP contribution in [0.25, 0.3) is 0 Å². The van der Waals surface area contributed by atoms with Crippen molar-refractivity contribution in [1.29, 1.82) is 0 Å².